The van der Waals surface area contributed by atoms with Crippen LogP contribution in [0.2, 0.25) is 0 Å². The van der Waals surface area contributed by atoms with Crippen molar-refractivity contribution in [3.8, 4) is 28.0 Å². The monoisotopic (exact) mass is 590 g/mol. The molecule has 3 nitrogen and oxygen atoms in total. The number of benzene rings is 6. The Kier molecular flexibility index (Phi) is 7.00. The van der Waals surface area contributed by atoms with E-state index < -0.39 is 6.10 Å². The molecular formula is C42H38O3. The second kappa shape index (κ2) is 10.9. The molecule has 0 fully saturated rings. The van der Waals surface area contributed by atoms with Crippen molar-refractivity contribution >= 4 is 27.5 Å². The highest BCUT2D eigenvalue weighted by Crippen LogP contribution is 2.52. The number of carbonyl (C=O) groups excluding carboxylic acids is 1. The Morgan fingerprint density at radius 3 is 2.00 bits per heavy atom. The molecule has 45 heavy (non-hydrogen) atoms. The Bertz CT molecular complexity index is 2110. The van der Waals surface area contributed by atoms with Crippen LogP contribution in [0.5, 0.6) is 5.75 Å². The van der Waals surface area contributed by atoms with E-state index in [1.807, 2.05) is 42.5 Å². The van der Waals surface area contributed by atoms with E-state index in [1.54, 1.807) is 7.11 Å². The number of methoxy groups -OCH3 is 1. The van der Waals surface area contributed by atoms with Gasteiger partial charge in [0.2, 0.25) is 0 Å². The molecule has 0 amide bonds. The Morgan fingerprint density at radius 2 is 1.33 bits per heavy atom. The standard InChI is InChI=1S/C42H38O3/c1-25-22-26(2)36(27(3)23-25)33-17-11-14-30-24-42(4,5)40(37(30)33)45-41(43)34-20-18-28-12-7-9-15-31(28)38(34)39-32-16-10-8-13-29(32)19-21-35(39)44-6/h7-23,40H,24H2,1-6H3. The van der Waals surface area contributed by atoms with Crippen LogP contribution in [0.25, 0.3) is 43.8 Å². The fraction of sp³-hybridized carbons (Fsp3) is 0.214. The third-order valence-electron chi connectivity index (χ3n) is 9.50. The second-order valence-corrected chi connectivity index (χ2v) is 13.2. The Hall–Kier alpha value is -4.89. The van der Waals surface area contributed by atoms with Gasteiger partial charge in [-0.1, -0.05) is 110 Å². The maximum atomic E-state index is 14.6. The van der Waals surface area contributed by atoms with E-state index in [-0.39, 0.29) is 11.4 Å². The van der Waals surface area contributed by atoms with Gasteiger partial charge in [0.1, 0.15) is 11.9 Å². The predicted molar refractivity (Wildman–Crippen MR) is 185 cm³/mol. The van der Waals surface area contributed by atoms with E-state index in [2.05, 4.69) is 95.3 Å². The summed E-state index contributed by atoms with van der Waals surface area (Å²) in [5.74, 6) is 0.391. The normalized spacial score (nSPS) is 15.3. The van der Waals surface area contributed by atoms with E-state index in [9.17, 15) is 4.79 Å². The van der Waals surface area contributed by atoms with Crippen molar-refractivity contribution in [2.24, 2.45) is 5.41 Å². The van der Waals surface area contributed by atoms with Crippen LogP contribution in [0.15, 0.2) is 103 Å². The molecule has 0 saturated carbocycles. The van der Waals surface area contributed by atoms with Crippen molar-refractivity contribution in [3.05, 3.63) is 137 Å². The molecule has 0 bridgehead atoms. The van der Waals surface area contributed by atoms with Crippen LogP contribution in [-0.2, 0) is 11.2 Å². The highest BCUT2D eigenvalue weighted by atomic mass is 16.5. The van der Waals surface area contributed by atoms with Crippen molar-refractivity contribution in [1.82, 2.24) is 0 Å². The number of aryl methyl sites for hydroxylation is 3. The highest BCUT2D eigenvalue weighted by molar-refractivity contribution is 6.14. The number of fused-ring (bicyclic) bond motifs is 3. The van der Waals surface area contributed by atoms with Gasteiger partial charge in [0.15, 0.2) is 0 Å². The molecule has 3 heteroatoms. The van der Waals surface area contributed by atoms with Crippen LogP contribution in [0.1, 0.15) is 58.1 Å². The first-order valence-corrected chi connectivity index (χ1v) is 15.7. The molecule has 224 valence electrons. The van der Waals surface area contributed by atoms with Gasteiger partial charge in [-0.05, 0) is 88.7 Å². The lowest BCUT2D eigenvalue weighted by atomic mass is 9.84. The summed E-state index contributed by atoms with van der Waals surface area (Å²) in [5.41, 5.74) is 10.4. The summed E-state index contributed by atoms with van der Waals surface area (Å²) < 4.78 is 12.7. The molecule has 0 N–H and O–H groups in total. The van der Waals surface area contributed by atoms with Gasteiger partial charge in [0, 0.05) is 22.1 Å². The predicted octanol–water partition coefficient (Wildman–Crippen LogP) is 10.7. The SMILES string of the molecule is COc1ccc2ccccc2c1-c1c(C(=O)OC2c3c(cccc3-c3c(C)cc(C)cc3C)CC2(C)C)ccc2ccccc12. The number of rotatable bonds is 5. The average Bonchev–Trinajstić information content (AvgIpc) is 3.28. The first-order chi connectivity index (χ1) is 21.7. The summed E-state index contributed by atoms with van der Waals surface area (Å²) in [6, 6.07) is 35.5. The van der Waals surface area contributed by atoms with Gasteiger partial charge in [-0.3, -0.25) is 0 Å². The first-order valence-electron chi connectivity index (χ1n) is 15.7. The quantitative estimate of drug-likeness (QED) is 0.187. The van der Waals surface area contributed by atoms with Gasteiger partial charge in [-0.25, -0.2) is 4.79 Å². The second-order valence-electron chi connectivity index (χ2n) is 13.2. The lowest BCUT2D eigenvalue weighted by molar-refractivity contribution is -0.00153. The van der Waals surface area contributed by atoms with Crippen molar-refractivity contribution in [2.45, 2.75) is 47.1 Å². The fourth-order valence-corrected chi connectivity index (χ4v) is 7.65. The van der Waals surface area contributed by atoms with Gasteiger partial charge in [0.05, 0.1) is 12.7 Å². The molecule has 0 spiro atoms. The zero-order valence-corrected chi connectivity index (χ0v) is 26.8. The van der Waals surface area contributed by atoms with E-state index in [0.717, 1.165) is 56.0 Å². The molecule has 0 aromatic heterocycles. The highest BCUT2D eigenvalue weighted by Gasteiger charge is 2.44. The van der Waals surface area contributed by atoms with Crippen molar-refractivity contribution in [3.63, 3.8) is 0 Å². The minimum absolute atomic E-state index is 0.283. The van der Waals surface area contributed by atoms with Crippen LogP contribution in [0, 0.1) is 26.2 Å². The number of hydrogen-bond donors (Lipinski definition) is 0. The molecule has 1 atom stereocenters. The van der Waals surface area contributed by atoms with Gasteiger partial charge >= 0.3 is 5.97 Å². The fourth-order valence-electron chi connectivity index (χ4n) is 7.65. The zero-order valence-electron chi connectivity index (χ0n) is 26.8. The third kappa shape index (κ3) is 4.78. The summed E-state index contributed by atoms with van der Waals surface area (Å²) in [6.45, 7) is 10.9. The maximum absolute atomic E-state index is 14.6. The van der Waals surface area contributed by atoms with Crippen LogP contribution >= 0.6 is 0 Å². The van der Waals surface area contributed by atoms with Crippen molar-refractivity contribution < 1.29 is 14.3 Å². The summed E-state index contributed by atoms with van der Waals surface area (Å²) in [5, 5.41) is 4.15. The Labute approximate surface area is 265 Å². The Morgan fingerprint density at radius 1 is 0.711 bits per heavy atom. The topological polar surface area (TPSA) is 35.5 Å². The summed E-state index contributed by atoms with van der Waals surface area (Å²) >= 11 is 0. The van der Waals surface area contributed by atoms with Crippen molar-refractivity contribution in [1.29, 1.82) is 0 Å². The van der Waals surface area contributed by atoms with Gasteiger partial charge < -0.3 is 9.47 Å². The minimum atomic E-state index is -0.412. The molecule has 0 radical (unpaired) electrons. The van der Waals surface area contributed by atoms with Crippen LogP contribution in [0.3, 0.4) is 0 Å². The summed E-state index contributed by atoms with van der Waals surface area (Å²) in [6.07, 6.45) is 0.421. The number of hydrogen-bond acceptors (Lipinski definition) is 3. The lowest BCUT2D eigenvalue weighted by Crippen LogP contribution is -2.24. The Balaban J connectivity index is 1.42. The maximum Gasteiger partial charge on any atom is 0.339 e. The van der Waals surface area contributed by atoms with E-state index in [0.29, 0.717) is 5.56 Å². The smallest absolute Gasteiger partial charge is 0.339 e. The number of ether oxygens (including phenoxy) is 2. The van der Waals surface area contributed by atoms with Gasteiger partial charge in [-0.15, -0.1) is 0 Å². The third-order valence-corrected chi connectivity index (χ3v) is 9.50. The van der Waals surface area contributed by atoms with E-state index in [4.69, 9.17) is 9.47 Å². The zero-order chi connectivity index (χ0) is 31.5. The molecule has 6 aromatic rings. The molecule has 0 saturated heterocycles. The van der Waals surface area contributed by atoms with Gasteiger partial charge in [-0.2, -0.15) is 0 Å². The number of esters is 1. The number of carbonyl (C=O) groups is 1. The van der Waals surface area contributed by atoms with Crippen molar-refractivity contribution in [2.75, 3.05) is 7.11 Å². The molecule has 1 unspecified atom stereocenters. The first kappa shape index (κ1) is 28.9. The molecule has 1 aliphatic rings. The summed E-state index contributed by atoms with van der Waals surface area (Å²) in [7, 11) is 1.69. The largest absolute Gasteiger partial charge is 0.496 e. The van der Waals surface area contributed by atoms with Crippen LogP contribution in [0.4, 0.5) is 0 Å². The molecule has 0 aliphatic heterocycles. The van der Waals surface area contributed by atoms with E-state index >= 15 is 0 Å². The minimum Gasteiger partial charge on any atom is -0.496 e. The molecular weight excluding hydrogens is 552 g/mol. The van der Waals surface area contributed by atoms with Gasteiger partial charge in [0.25, 0.3) is 0 Å². The molecule has 1 aliphatic carbocycles. The lowest BCUT2D eigenvalue weighted by Gasteiger charge is -2.29. The molecule has 7 rings (SSSR count). The molecule has 0 heterocycles. The van der Waals surface area contributed by atoms with Crippen LogP contribution < -0.4 is 4.74 Å². The summed E-state index contributed by atoms with van der Waals surface area (Å²) in [4.78, 5) is 14.6. The molecule has 6 aromatic carbocycles. The average molecular weight is 591 g/mol. The van der Waals surface area contributed by atoms with E-state index in [1.165, 1.54) is 27.8 Å². The van der Waals surface area contributed by atoms with Crippen LogP contribution in [-0.4, -0.2) is 13.1 Å².